The number of benzene rings is 1. The van der Waals surface area contributed by atoms with Crippen molar-refractivity contribution >= 4 is 0 Å². The van der Waals surface area contributed by atoms with Crippen molar-refractivity contribution in [1.82, 2.24) is 10.6 Å². The second-order valence-corrected chi connectivity index (χ2v) is 5.97. The molecule has 1 saturated heterocycles. The van der Waals surface area contributed by atoms with Gasteiger partial charge in [-0.1, -0.05) is 30.3 Å². The van der Waals surface area contributed by atoms with Crippen molar-refractivity contribution in [3.05, 3.63) is 35.9 Å². The van der Waals surface area contributed by atoms with Gasteiger partial charge in [-0.15, -0.1) is 0 Å². The Hall–Kier alpha value is -0.860. The fraction of sp³-hybridized carbons (Fsp3) is 0.625. The molecule has 0 radical (unpaired) electrons. The van der Waals surface area contributed by atoms with Gasteiger partial charge in [0.1, 0.15) is 0 Å². The standard InChI is InChI=1S/C16H24N2/c1-2-4-13(5-3-1)8-15-10-18-12-16(15)11-17-9-14-6-7-14/h1-5,14-18H,6-12H2/t15-,16+/m1/s1. The van der Waals surface area contributed by atoms with E-state index in [1.165, 1.54) is 51.0 Å². The van der Waals surface area contributed by atoms with Crippen LogP contribution in [0.25, 0.3) is 0 Å². The molecule has 0 unspecified atom stereocenters. The summed E-state index contributed by atoms with van der Waals surface area (Å²) >= 11 is 0. The van der Waals surface area contributed by atoms with Crippen LogP contribution in [0.3, 0.4) is 0 Å². The van der Waals surface area contributed by atoms with Crippen LogP contribution in [-0.2, 0) is 6.42 Å². The van der Waals surface area contributed by atoms with E-state index in [9.17, 15) is 0 Å². The van der Waals surface area contributed by atoms with Gasteiger partial charge in [0, 0.05) is 0 Å². The molecule has 0 amide bonds. The van der Waals surface area contributed by atoms with Crippen molar-refractivity contribution in [3.63, 3.8) is 0 Å². The molecule has 1 aliphatic carbocycles. The highest BCUT2D eigenvalue weighted by Gasteiger charge is 2.27. The molecule has 2 atom stereocenters. The highest BCUT2D eigenvalue weighted by molar-refractivity contribution is 5.16. The van der Waals surface area contributed by atoms with Gasteiger partial charge in [-0.05, 0) is 68.8 Å². The minimum atomic E-state index is 0.805. The molecule has 2 heteroatoms. The Bertz CT molecular complexity index is 359. The van der Waals surface area contributed by atoms with Crippen molar-refractivity contribution in [2.45, 2.75) is 19.3 Å². The minimum Gasteiger partial charge on any atom is -0.316 e. The first-order valence-corrected chi connectivity index (χ1v) is 7.37. The van der Waals surface area contributed by atoms with Gasteiger partial charge in [0.15, 0.2) is 0 Å². The zero-order chi connectivity index (χ0) is 12.2. The van der Waals surface area contributed by atoms with Crippen molar-refractivity contribution in [2.24, 2.45) is 17.8 Å². The molecule has 2 fully saturated rings. The molecule has 1 saturated carbocycles. The zero-order valence-electron chi connectivity index (χ0n) is 11.1. The highest BCUT2D eigenvalue weighted by Crippen LogP contribution is 2.28. The maximum absolute atomic E-state index is 3.67. The van der Waals surface area contributed by atoms with E-state index >= 15 is 0 Å². The third-order valence-electron chi connectivity index (χ3n) is 4.36. The van der Waals surface area contributed by atoms with Crippen LogP contribution >= 0.6 is 0 Å². The van der Waals surface area contributed by atoms with Crippen molar-refractivity contribution < 1.29 is 0 Å². The monoisotopic (exact) mass is 244 g/mol. The van der Waals surface area contributed by atoms with Gasteiger partial charge >= 0.3 is 0 Å². The van der Waals surface area contributed by atoms with Gasteiger partial charge < -0.3 is 10.6 Å². The summed E-state index contributed by atoms with van der Waals surface area (Å²) in [5.74, 6) is 2.61. The predicted octanol–water partition coefficient (Wildman–Crippen LogP) is 2.06. The largest absolute Gasteiger partial charge is 0.316 e. The summed E-state index contributed by atoms with van der Waals surface area (Å²) in [4.78, 5) is 0. The van der Waals surface area contributed by atoms with Gasteiger partial charge in [0.2, 0.25) is 0 Å². The van der Waals surface area contributed by atoms with E-state index in [1.54, 1.807) is 0 Å². The second-order valence-electron chi connectivity index (χ2n) is 5.97. The first kappa shape index (κ1) is 12.2. The molecule has 2 nitrogen and oxygen atoms in total. The number of nitrogens with one attached hydrogen (secondary N) is 2. The van der Waals surface area contributed by atoms with E-state index in [0.29, 0.717) is 0 Å². The van der Waals surface area contributed by atoms with Gasteiger partial charge in [-0.25, -0.2) is 0 Å². The smallest absolute Gasteiger partial charge is 0.000500 e. The van der Waals surface area contributed by atoms with Crippen LogP contribution in [0.4, 0.5) is 0 Å². The average Bonchev–Trinajstić information content (AvgIpc) is 3.12. The van der Waals surface area contributed by atoms with E-state index in [2.05, 4.69) is 41.0 Å². The molecular formula is C16H24N2. The molecule has 3 rings (SSSR count). The van der Waals surface area contributed by atoms with E-state index in [1.807, 2.05) is 0 Å². The first-order chi connectivity index (χ1) is 8.92. The maximum atomic E-state index is 3.67. The summed E-state index contributed by atoms with van der Waals surface area (Å²) in [6.45, 7) is 4.81. The summed E-state index contributed by atoms with van der Waals surface area (Å²) in [5.41, 5.74) is 1.48. The summed E-state index contributed by atoms with van der Waals surface area (Å²) < 4.78 is 0. The molecule has 1 aromatic rings. The van der Waals surface area contributed by atoms with Crippen molar-refractivity contribution in [3.8, 4) is 0 Å². The molecular weight excluding hydrogens is 220 g/mol. The quantitative estimate of drug-likeness (QED) is 0.800. The van der Waals surface area contributed by atoms with Crippen molar-refractivity contribution in [1.29, 1.82) is 0 Å². The Morgan fingerprint density at radius 2 is 1.78 bits per heavy atom. The van der Waals surface area contributed by atoms with Crippen LogP contribution in [-0.4, -0.2) is 26.2 Å². The average molecular weight is 244 g/mol. The molecule has 2 aliphatic rings. The van der Waals surface area contributed by atoms with E-state index < -0.39 is 0 Å². The summed E-state index contributed by atoms with van der Waals surface area (Å²) in [6, 6.07) is 10.9. The van der Waals surface area contributed by atoms with E-state index in [0.717, 1.165) is 17.8 Å². The number of hydrogen-bond donors (Lipinski definition) is 2. The molecule has 18 heavy (non-hydrogen) atoms. The normalized spacial score (nSPS) is 27.6. The SMILES string of the molecule is c1ccc(C[C@@H]2CNC[C@@H]2CNCC2CC2)cc1. The lowest BCUT2D eigenvalue weighted by Crippen LogP contribution is -2.30. The third-order valence-corrected chi connectivity index (χ3v) is 4.36. The lowest BCUT2D eigenvalue weighted by molar-refractivity contribution is 0.390. The second kappa shape index (κ2) is 5.85. The van der Waals surface area contributed by atoms with E-state index in [4.69, 9.17) is 0 Å². The number of rotatable bonds is 6. The van der Waals surface area contributed by atoms with Crippen LogP contribution in [0.1, 0.15) is 18.4 Å². The highest BCUT2D eigenvalue weighted by atomic mass is 15.0. The fourth-order valence-corrected chi connectivity index (χ4v) is 2.98. The number of hydrogen-bond acceptors (Lipinski definition) is 2. The molecule has 2 N–H and O–H groups in total. The van der Waals surface area contributed by atoms with Crippen LogP contribution in [0.2, 0.25) is 0 Å². The third kappa shape index (κ3) is 3.33. The molecule has 0 aromatic heterocycles. The minimum absolute atomic E-state index is 0.805. The Morgan fingerprint density at radius 1 is 1.00 bits per heavy atom. The first-order valence-electron chi connectivity index (χ1n) is 7.37. The van der Waals surface area contributed by atoms with Gasteiger partial charge in [0.05, 0.1) is 0 Å². The van der Waals surface area contributed by atoms with Crippen LogP contribution in [0.5, 0.6) is 0 Å². The molecule has 1 aliphatic heterocycles. The molecule has 1 aromatic carbocycles. The maximum Gasteiger partial charge on any atom is -0.000500 e. The van der Waals surface area contributed by atoms with Gasteiger partial charge in [-0.3, -0.25) is 0 Å². The lowest BCUT2D eigenvalue weighted by Gasteiger charge is -2.19. The topological polar surface area (TPSA) is 24.1 Å². The van der Waals surface area contributed by atoms with Crippen LogP contribution in [0.15, 0.2) is 30.3 Å². The molecule has 0 bridgehead atoms. The van der Waals surface area contributed by atoms with E-state index in [-0.39, 0.29) is 0 Å². The zero-order valence-corrected chi connectivity index (χ0v) is 11.1. The van der Waals surface area contributed by atoms with Crippen LogP contribution < -0.4 is 10.6 Å². The van der Waals surface area contributed by atoms with Crippen LogP contribution in [0, 0.1) is 17.8 Å². The lowest BCUT2D eigenvalue weighted by atomic mass is 9.89. The summed E-state index contributed by atoms with van der Waals surface area (Å²) in [7, 11) is 0. The Kier molecular flexibility index (Phi) is 3.96. The van der Waals surface area contributed by atoms with Gasteiger partial charge in [-0.2, -0.15) is 0 Å². The summed E-state index contributed by atoms with van der Waals surface area (Å²) in [6.07, 6.45) is 4.12. The Labute approximate surface area is 110 Å². The Morgan fingerprint density at radius 3 is 2.56 bits per heavy atom. The predicted molar refractivity (Wildman–Crippen MR) is 75.6 cm³/mol. The Balaban J connectivity index is 1.47. The molecule has 1 heterocycles. The molecule has 98 valence electrons. The van der Waals surface area contributed by atoms with Gasteiger partial charge in [0.25, 0.3) is 0 Å². The van der Waals surface area contributed by atoms with Crippen molar-refractivity contribution in [2.75, 3.05) is 26.2 Å². The molecule has 0 spiro atoms. The fourth-order valence-electron chi connectivity index (χ4n) is 2.98. The summed E-state index contributed by atoms with van der Waals surface area (Å²) in [5, 5.41) is 7.22.